The molecule has 0 aromatic heterocycles. The summed E-state index contributed by atoms with van der Waals surface area (Å²) in [5, 5.41) is 1.01. The van der Waals surface area contributed by atoms with Crippen LogP contribution in [0.15, 0.2) is 0 Å². The van der Waals surface area contributed by atoms with E-state index in [1.165, 1.54) is 6.42 Å². The molecule has 0 fully saturated rings. The zero-order valence-electron chi connectivity index (χ0n) is 12.2. The Morgan fingerprint density at radius 2 is 1.33 bits per heavy atom. The molecule has 0 heterocycles. The third-order valence-corrected chi connectivity index (χ3v) is 4.19. The van der Waals surface area contributed by atoms with Crippen LogP contribution in [0, 0.1) is 5.41 Å². The van der Waals surface area contributed by atoms with Crippen molar-refractivity contribution in [3.63, 3.8) is 0 Å². The highest BCUT2D eigenvalue weighted by atomic mass is 79.9. The lowest BCUT2D eigenvalue weighted by atomic mass is 9.93. The lowest BCUT2D eigenvalue weighted by Gasteiger charge is -2.20. The number of rotatable bonds is 13. The second kappa shape index (κ2) is 12.4. The standard InChI is InChI=1S/C14H29BrO3/c1-4-5-7-16-9-11-18-12-10-17-8-6-14(2,3)13-15/h4-13H2,1-3H3. The van der Waals surface area contributed by atoms with Crippen LogP contribution < -0.4 is 0 Å². The van der Waals surface area contributed by atoms with Gasteiger partial charge in [-0.25, -0.2) is 0 Å². The first-order chi connectivity index (χ1) is 8.62. The summed E-state index contributed by atoms with van der Waals surface area (Å²) in [6, 6.07) is 0. The Kier molecular flexibility index (Phi) is 12.6. The van der Waals surface area contributed by atoms with Crippen LogP contribution in [0.25, 0.3) is 0 Å². The topological polar surface area (TPSA) is 27.7 Å². The van der Waals surface area contributed by atoms with Crippen molar-refractivity contribution in [1.29, 1.82) is 0 Å². The van der Waals surface area contributed by atoms with E-state index in [-0.39, 0.29) is 0 Å². The van der Waals surface area contributed by atoms with Crippen molar-refractivity contribution in [3.8, 4) is 0 Å². The second-order valence-electron chi connectivity index (χ2n) is 5.24. The minimum absolute atomic E-state index is 0.313. The maximum atomic E-state index is 5.53. The molecule has 110 valence electrons. The van der Waals surface area contributed by atoms with E-state index in [4.69, 9.17) is 14.2 Å². The van der Waals surface area contributed by atoms with E-state index in [0.29, 0.717) is 31.8 Å². The zero-order valence-corrected chi connectivity index (χ0v) is 13.8. The summed E-state index contributed by atoms with van der Waals surface area (Å²) in [5.74, 6) is 0. The van der Waals surface area contributed by atoms with E-state index in [1.54, 1.807) is 0 Å². The van der Waals surface area contributed by atoms with Gasteiger partial charge in [0.25, 0.3) is 0 Å². The highest BCUT2D eigenvalue weighted by Gasteiger charge is 2.15. The number of hydrogen-bond donors (Lipinski definition) is 0. The lowest BCUT2D eigenvalue weighted by molar-refractivity contribution is 0.0102. The smallest absolute Gasteiger partial charge is 0.0701 e. The van der Waals surface area contributed by atoms with Gasteiger partial charge >= 0.3 is 0 Å². The summed E-state index contributed by atoms with van der Waals surface area (Å²) in [6.07, 6.45) is 3.38. The van der Waals surface area contributed by atoms with Crippen LogP contribution in [0.3, 0.4) is 0 Å². The normalized spacial score (nSPS) is 12.0. The van der Waals surface area contributed by atoms with E-state index in [0.717, 1.165) is 31.4 Å². The van der Waals surface area contributed by atoms with Crippen molar-refractivity contribution in [2.24, 2.45) is 5.41 Å². The van der Waals surface area contributed by atoms with Crippen LogP contribution in [0.2, 0.25) is 0 Å². The van der Waals surface area contributed by atoms with Crippen LogP contribution in [-0.4, -0.2) is 45.0 Å². The maximum Gasteiger partial charge on any atom is 0.0701 e. The molecule has 0 rings (SSSR count). The van der Waals surface area contributed by atoms with Crippen LogP contribution >= 0.6 is 15.9 Å². The van der Waals surface area contributed by atoms with E-state index in [1.807, 2.05) is 0 Å². The fourth-order valence-electron chi connectivity index (χ4n) is 1.20. The van der Waals surface area contributed by atoms with E-state index in [9.17, 15) is 0 Å². The molecule has 0 amide bonds. The molecule has 0 unspecified atom stereocenters. The van der Waals surface area contributed by atoms with Crippen LogP contribution in [0.4, 0.5) is 0 Å². The van der Waals surface area contributed by atoms with Crippen molar-refractivity contribution in [2.75, 3.05) is 45.0 Å². The number of hydrogen-bond acceptors (Lipinski definition) is 3. The number of ether oxygens (including phenoxy) is 3. The molecule has 3 nitrogen and oxygen atoms in total. The molecule has 0 saturated carbocycles. The molecule has 0 aromatic carbocycles. The van der Waals surface area contributed by atoms with Crippen LogP contribution in [0.1, 0.15) is 40.0 Å². The maximum absolute atomic E-state index is 5.53. The molecule has 4 heteroatoms. The Morgan fingerprint density at radius 1 is 0.833 bits per heavy atom. The summed E-state index contributed by atoms with van der Waals surface area (Å²) >= 11 is 3.51. The van der Waals surface area contributed by atoms with Crippen LogP contribution in [0.5, 0.6) is 0 Å². The summed E-state index contributed by atoms with van der Waals surface area (Å²) in [5.41, 5.74) is 0.313. The fourth-order valence-corrected chi connectivity index (χ4v) is 1.48. The molecule has 0 aliphatic rings. The monoisotopic (exact) mass is 324 g/mol. The molecular formula is C14H29BrO3. The fraction of sp³-hybridized carbons (Fsp3) is 1.00. The number of halogens is 1. The predicted octanol–water partition coefficient (Wildman–Crippen LogP) is 3.65. The Bertz CT molecular complexity index is 174. The average molecular weight is 325 g/mol. The summed E-state index contributed by atoms with van der Waals surface area (Å²) in [4.78, 5) is 0. The predicted molar refractivity (Wildman–Crippen MR) is 79.6 cm³/mol. The van der Waals surface area contributed by atoms with Crippen LogP contribution in [-0.2, 0) is 14.2 Å². The van der Waals surface area contributed by atoms with Gasteiger partial charge in [0.2, 0.25) is 0 Å². The van der Waals surface area contributed by atoms with Crippen molar-refractivity contribution < 1.29 is 14.2 Å². The van der Waals surface area contributed by atoms with Crippen molar-refractivity contribution >= 4 is 15.9 Å². The highest BCUT2D eigenvalue weighted by molar-refractivity contribution is 9.09. The summed E-state index contributed by atoms with van der Waals surface area (Å²) < 4.78 is 16.3. The van der Waals surface area contributed by atoms with Gasteiger partial charge in [-0.3, -0.25) is 0 Å². The first-order valence-electron chi connectivity index (χ1n) is 6.91. The van der Waals surface area contributed by atoms with E-state index < -0.39 is 0 Å². The Labute approximate surface area is 121 Å². The quantitative estimate of drug-likeness (QED) is 0.382. The SMILES string of the molecule is CCCCOCCOCCOCCC(C)(C)CBr. The highest BCUT2D eigenvalue weighted by Crippen LogP contribution is 2.22. The van der Waals surface area contributed by atoms with Crippen molar-refractivity contribution in [2.45, 2.75) is 40.0 Å². The van der Waals surface area contributed by atoms with Gasteiger partial charge in [0, 0.05) is 18.5 Å². The second-order valence-corrected chi connectivity index (χ2v) is 5.80. The Morgan fingerprint density at radius 3 is 1.83 bits per heavy atom. The number of alkyl halides is 1. The third kappa shape index (κ3) is 12.8. The summed E-state index contributed by atoms with van der Waals surface area (Å²) in [6.45, 7) is 11.0. The third-order valence-electron chi connectivity index (χ3n) is 2.67. The molecule has 0 aromatic rings. The van der Waals surface area contributed by atoms with Gasteiger partial charge in [0.05, 0.1) is 26.4 Å². The van der Waals surface area contributed by atoms with Gasteiger partial charge in [-0.05, 0) is 18.3 Å². The molecule has 0 bridgehead atoms. The van der Waals surface area contributed by atoms with E-state index >= 15 is 0 Å². The molecule has 0 spiro atoms. The molecule has 0 aliphatic carbocycles. The van der Waals surface area contributed by atoms with Gasteiger partial charge in [-0.2, -0.15) is 0 Å². The Balaban J connectivity index is 3.08. The molecule has 0 atom stereocenters. The Hall–Kier alpha value is 0.360. The first kappa shape index (κ1) is 18.4. The van der Waals surface area contributed by atoms with Gasteiger partial charge in [-0.15, -0.1) is 0 Å². The average Bonchev–Trinajstić information content (AvgIpc) is 2.36. The molecule has 0 saturated heterocycles. The molecular weight excluding hydrogens is 296 g/mol. The molecule has 0 N–H and O–H groups in total. The van der Waals surface area contributed by atoms with Gasteiger partial charge in [-0.1, -0.05) is 43.1 Å². The molecule has 18 heavy (non-hydrogen) atoms. The zero-order chi connectivity index (χ0) is 13.7. The largest absolute Gasteiger partial charge is 0.379 e. The van der Waals surface area contributed by atoms with E-state index in [2.05, 4.69) is 36.7 Å². The molecule has 0 radical (unpaired) electrons. The first-order valence-corrected chi connectivity index (χ1v) is 8.03. The van der Waals surface area contributed by atoms with Gasteiger partial charge in [0.15, 0.2) is 0 Å². The number of unbranched alkanes of at least 4 members (excludes halogenated alkanes) is 1. The van der Waals surface area contributed by atoms with Crippen molar-refractivity contribution in [1.82, 2.24) is 0 Å². The van der Waals surface area contributed by atoms with Gasteiger partial charge in [0.1, 0.15) is 0 Å². The minimum atomic E-state index is 0.313. The lowest BCUT2D eigenvalue weighted by Crippen LogP contribution is -2.17. The summed E-state index contributed by atoms with van der Waals surface area (Å²) in [7, 11) is 0. The van der Waals surface area contributed by atoms with Crippen molar-refractivity contribution in [3.05, 3.63) is 0 Å². The molecule has 0 aliphatic heterocycles. The minimum Gasteiger partial charge on any atom is -0.379 e. The van der Waals surface area contributed by atoms with Gasteiger partial charge < -0.3 is 14.2 Å².